The topological polar surface area (TPSA) is 96.9 Å². The Kier molecular flexibility index (Phi) is 4.18. The first-order valence-electron chi connectivity index (χ1n) is 5.62. The van der Waals surface area contributed by atoms with Gasteiger partial charge in [0.25, 0.3) is 0 Å². The summed E-state index contributed by atoms with van der Waals surface area (Å²) in [4.78, 5) is 3.80. The zero-order valence-corrected chi connectivity index (χ0v) is 12.3. The summed E-state index contributed by atoms with van der Waals surface area (Å²) in [6, 6.07) is 5.95. The second kappa shape index (κ2) is 5.68. The number of rotatable bonds is 4. The van der Waals surface area contributed by atoms with Crippen molar-refractivity contribution in [2.45, 2.75) is 18.7 Å². The van der Waals surface area contributed by atoms with E-state index in [1.54, 1.807) is 13.1 Å². The monoisotopic (exact) mass is 296 g/mol. The summed E-state index contributed by atoms with van der Waals surface area (Å²) >= 11 is 0.952. The van der Waals surface area contributed by atoms with Crippen molar-refractivity contribution >= 4 is 33.8 Å². The molecule has 0 aliphatic rings. The molecular weight excluding hydrogens is 280 g/mol. The molecule has 19 heavy (non-hydrogen) atoms. The molecule has 2 rings (SSSR count). The second-order valence-corrected chi connectivity index (χ2v) is 6.03. The van der Waals surface area contributed by atoms with Crippen LogP contribution in [-0.4, -0.2) is 9.19 Å². The van der Waals surface area contributed by atoms with Gasteiger partial charge in [-0.1, -0.05) is 12.1 Å². The van der Waals surface area contributed by atoms with Crippen molar-refractivity contribution in [1.82, 2.24) is 9.71 Å². The maximum absolute atomic E-state index is 12.3. The van der Waals surface area contributed by atoms with Crippen LogP contribution < -0.4 is 15.6 Å². The van der Waals surface area contributed by atoms with Crippen molar-refractivity contribution < 1.29 is 4.21 Å². The van der Waals surface area contributed by atoms with E-state index in [1.165, 1.54) is 0 Å². The Hall–Kier alpha value is -1.44. The van der Waals surface area contributed by atoms with Crippen molar-refractivity contribution in [2.24, 2.45) is 10.9 Å². The van der Waals surface area contributed by atoms with Crippen LogP contribution in [0.1, 0.15) is 12.5 Å². The van der Waals surface area contributed by atoms with E-state index in [0.717, 1.165) is 28.4 Å². The summed E-state index contributed by atoms with van der Waals surface area (Å²) in [6.07, 6.45) is 1.73. The first kappa shape index (κ1) is 14.0. The van der Waals surface area contributed by atoms with Gasteiger partial charge in [-0.25, -0.2) is 4.21 Å². The normalized spacial score (nSPS) is 14.3. The van der Waals surface area contributed by atoms with Crippen LogP contribution in [0.2, 0.25) is 0 Å². The van der Waals surface area contributed by atoms with E-state index in [2.05, 4.69) is 9.71 Å². The Bertz CT molecular complexity index is 659. The van der Waals surface area contributed by atoms with Crippen LogP contribution in [0.4, 0.5) is 0 Å². The number of aromatic nitrogens is 1. The molecule has 0 aliphatic carbocycles. The molecule has 0 amide bonds. The Balaban J connectivity index is 2.35. The number of hydrogen-bond donors (Lipinski definition) is 4. The number of fused-ring (bicyclic) bond motifs is 1. The van der Waals surface area contributed by atoms with E-state index in [0.29, 0.717) is 15.6 Å². The van der Waals surface area contributed by atoms with Crippen LogP contribution >= 0.6 is 11.9 Å². The number of nitrogens with two attached hydrogens (primary N) is 2. The zero-order valence-electron chi connectivity index (χ0n) is 10.7. The third-order valence-electron chi connectivity index (χ3n) is 2.66. The van der Waals surface area contributed by atoms with E-state index in [-0.39, 0.29) is 0 Å². The van der Waals surface area contributed by atoms with Gasteiger partial charge in [0.15, 0.2) is 11.0 Å². The highest BCUT2D eigenvalue weighted by Crippen LogP contribution is 2.22. The van der Waals surface area contributed by atoms with E-state index >= 15 is 0 Å². The van der Waals surface area contributed by atoms with Gasteiger partial charge in [0.2, 0.25) is 0 Å². The number of aryl methyl sites for hydroxylation is 1. The Morgan fingerprint density at radius 2 is 2.21 bits per heavy atom. The van der Waals surface area contributed by atoms with Gasteiger partial charge in [-0.2, -0.15) is 0 Å². The lowest BCUT2D eigenvalue weighted by atomic mass is 10.2. The molecule has 5 nitrogen and oxygen atoms in total. The lowest BCUT2D eigenvalue weighted by molar-refractivity contribution is 0.679. The summed E-state index contributed by atoms with van der Waals surface area (Å²) in [6.45, 7) is 3.72. The molecule has 0 fully saturated rings. The highest BCUT2D eigenvalue weighted by Gasteiger charge is 2.12. The molecule has 0 aliphatic heterocycles. The fourth-order valence-electron chi connectivity index (χ4n) is 1.70. The SMILES string of the molecule is C/C(N)=C(\NS(=O)c1c[nH]c2cc(C)ccc12)SN. The maximum Gasteiger partial charge on any atom is 0.152 e. The van der Waals surface area contributed by atoms with Crippen LogP contribution in [0, 0.1) is 6.92 Å². The van der Waals surface area contributed by atoms with Crippen molar-refractivity contribution in [2.75, 3.05) is 0 Å². The summed E-state index contributed by atoms with van der Waals surface area (Å²) in [5.41, 5.74) is 8.27. The van der Waals surface area contributed by atoms with Crippen LogP contribution in [0.3, 0.4) is 0 Å². The van der Waals surface area contributed by atoms with E-state index in [4.69, 9.17) is 10.9 Å². The summed E-state index contributed by atoms with van der Waals surface area (Å²) in [7, 11) is -1.40. The number of allylic oxidation sites excluding steroid dienone is 1. The van der Waals surface area contributed by atoms with Gasteiger partial charge in [-0.15, -0.1) is 0 Å². The Morgan fingerprint density at radius 1 is 1.47 bits per heavy atom. The summed E-state index contributed by atoms with van der Waals surface area (Å²) < 4.78 is 15.1. The highest BCUT2D eigenvalue weighted by molar-refractivity contribution is 8.01. The molecule has 0 saturated heterocycles. The molecule has 1 unspecified atom stereocenters. The molecule has 2 aromatic rings. The number of benzene rings is 1. The molecule has 1 aromatic heterocycles. The lowest BCUT2D eigenvalue weighted by Gasteiger charge is -2.08. The zero-order chi connectivity index (χ0) is 14.0. The standard InChI is InChI=1S/C12H16N4OS2/c1-7-3-4-9-10(5-7)15-6-11(9)19(17)16-12(18-14)8(2)13/h3-6,15-16H,13-14H2,1-2H3/b12-8-. The first-order chi connectivity index (χ1) is 9.02. The third-order valence-corrected chi connectivity index (χ3v) is 4.58. The maximum atomic E-state index is 12.3. The molecule has 0 bridgehead atoms. The molecule has 1 heterocycles. The minimum atomic E-state index is -1.40. The van der Waals surface area contributed by atoms with Crippen molar-refractivity contribution in [3.05, 3.63) is 40.7 Å². The average Bonchev–Trinajstić information content (AvgIpc) is 2.78. The molecular formula is C12H16N4OS2. The molecule has 7 heteroatoms. The van der Waals surface area contributed by atoms with Gasteiger partial charge in [0.05, 0.1) is 4.90 Å². The van der Waals surface area contributed by atoms with Crippen molar-refractivity contribution in [1.29, 1.82) is 0 Å². The molecule has 0 saturated carbocycles. The Morgan fingerprint density at radius 3 is 2.84 bits per heavy atom. The number of aromatic amines is 1. The fourth-order valence-corrected chi connectivity index (χ4v) is 3.29. The van der Waals surface area contributed by atoms with Gasteiger partial charge < -0.3 is 10.7 Å². The Labute approximate surface area is 118 Å². The largest absolute Gasteiger partial charge is 0.400 e. The van der Waals surface area contributed by atoms with Crippen LogP contribution in [-0.2, 0) is 11.0 Å². The average molecular weight is 296 g/mol. The molecule has 102 valence electrons. The van der Waals surface area contributed by atoms with Gasteiger partial charge in [0, 0.05) is 22.8 Å². The number of hydrogen-bond acceptors (Lipinski definition) is 4. The lowest BCUT2D eigenvalue weighted by Crippen LogP contribution is -2.19. The van der Waals surface area contributed by atoms with Gasteiger partial charge in [-0.05, 0) is 37.4 Å². The predicted molar refractivity (Wildman–Crippen MR) is 81.2 cm³/mol. The smallest absolute Gasteiger partial charge is 0.152 e. The third kappa shape index (κ3) is 2.94. The van der Waals surface area contributed by atoms with Crippen LogP contribution in [0.5, 0.6) is 0 Å². The van der Waals surface area contributed by atoms with Crippen LogP contribution in [0.25, 0.3) is 10.9 Å². The number of H-pyrrole nitrogens is 1. The van der Waals surface area contributed by atoms with E-state index in [1.807, 2.05) is 25.1 Å². The summed E-state index contributed by atoms with van der Waals surface area (Å²) in [5.74, 6) is 0. The van der Waals surface area contributed by atoms with Crippen molar-refractivity contribution in [3.63, 3.8) is 0 Å². The summed E-state index contributed by atoms with van der Waals surface area (Å²) in [5, 5.41) is 6.92. The van der Waals surface area contributed by atoms with Crippen LogP contribution in [0.15, 0.2) is 40.0 Å². The molecule has 1 aromatic carbocycles. The van der Waals surface area contributed by atoms with E-state index < -0.39 is 11.0 Å². The molecule has 6 N–H and O–H groups in total. The highest BCUT2D eigenvalue weighted by atomic mass is 32.2. The van der Waals surface area contributed by atoms with Gasteiger partial charge >= 0.3 is 0 Å². The van der Waals surface area contributed by atoms with Gasteiger partial charge in [-0.3, -0.25) is 9.86 Å². The minimum Gasteiger partial charge on any atom is -0.400 e. The minimum absolute atomic E-state index is 0.511. The second-order valence-electron chi connectivity index (χ2n) is 4.20. The number of nitrogens with one attached hydrogen (secondary N) is 2. The molecule has 0 spiro atoms. The van der Waals surface area contributed by atoms with Crippen molar-refractivity contribution in [3.8, 4) is 0 Å². The van der Waals surface area contributed by atoms with Gasteiger partial charge in [0.1, 0.15) is 5.03 Å². The molecule has 0 radical (unpaired) electrons. The fraction of sp³-hybridized carbons (Fsp3) is 0.167. The quantitative estimate of drug-likeness (QED) is 0.647. The predicted octanol–water partition coefficient (Wildman–Crippen LogP) is 1.84. The molecule has 1 atom stereocenters. The van der Waals surface area contributed by atoms with E-state index in [9.17, 15) is 4.21 Å². The first-order valence-corrected chi connectivity index (χ1v) is 7.65.